The first-order chi connectivity index (χ1) is 10.4. The van der Waals surface area contributed by atoms with Gasteiger partial charge in [-0.05, 0) is 36.1 Å². The first-order valence-electron chi connectivity index (χ1n) is 6.65. The van der Waals surface area contributed by atoms with Crippen LogP contribution in [0.2, 0.25) is 0 Å². The molecule has 2 rings (SSSR count). The van der Waals surface area contributed by atoms with Crippen LogP contribution < -0.4 is 0 Å². The summed E-state index contributed by atoms with van der Waals surface area (Å²) in [6.07, 6.45) is -3.40. The predicted molar refractivity (Wildman–Crippen MR) is 81.5 cm³/mol. The summed E-state index contributed by atoms with van der Waals surface area (Å²) in [4.78, 5) is 0. The largest absolute Gasteiger partial charge is 0.273 e. The average molecular weight is 306 g/mol. The van der Waals surface area contributed by atoms with Gasteiger partial charge in [0, 0.05) is 11.1 Å². The number of halogens is 4. The summed E-state index contributed by atoms with van der Waals surface area (Å²) >= 11 is 0. The van der Waals surface area contributed by atoms with Crippen LogP contribution in [0.5, 0.6) is 0 Å². The molecule has 0 unspecified atom stereocenters. The molecule has 0 N–H and O–H groups in total. The van der Waals surface area contributed by atoms with Gasteiger partial charge in [0.05, 0.1) is 0 Å². The number of allylic oxidation sites excluding steroid dienone is 2. The lowest BCUT2D eigenvalue weighted by atomic mass is 9.99. The van der Waals surface area contributed by atoms with Gasteiger partial charge in [-0.3, -0.25) is 0 Å². The van der Waals surface area contributed by atoms with E-state index < -0.39 is 12.2 Å². The maximum atomic E-state index is 12.5. The Morgan fingerprint density at radius 3 is 1.05 bits per heavy atom. The molecule has 114 valence electrons. The second kappa shape index (κ2) is 6.60. The van der Waals surface area contributed by atoms with Crippen LogP contribution in [-0.2, 0) is 0 Å². The Morgan fingerprint density at radius 1 is 0.545 bits per heavy atom. The zero-order valence-electron chi connectivity index (χ0n) is 12.1. The fourth-order valence-electron chi connectivity index (χ4n) is 2.04. The van der Waals surface area contributed by atoms with Gasteiger partial charge in [0.15, 0.2) is 0 Å². The van der Waals surface area contributed by atoms with Crippen molar-refractivity contribution < 1.29 is 17.6 Å². The van der Waals surface area contributed by atoms with Gasteiger partial charge in [0.25, 0.3) is 12.2 Å². The molecule has 0 nitrogen and oxygen atoms in total. The molecule has 4 heteroatoms. The van der Waals surface area contributed by atoms with Crippen LogP contribution in [0.25, 0.3) is 22.3 Å². The lowest BCUT2D eigenvalue weighted by molar-refractivity contribution is 0.424. The molecule has 0 aliphatic heterocycles. The highest BCUT2D eigenvalue weighted by molar-refractivity contribution is 5.72. The van der Waals surface area contributed by atoms with Crippen molar-refractivity contribution in [2.75, 3.05) is 0 Å². The first-order valence-corrected chi connectivity index (χ1v) is 6.65. The molecular weight excluding hydrogens is 292 g/mol. The third kappa shape index (κ3) is 3.45. The van der Waals surface area contributed by atoms with E-state index in [9.17, 15) is 17.6 Å². The molecule has 0 fully saturated rings. The summed E-state index contributed by atoms with van der Waals surface area (Å²) < 4.78 is 50.1. The van der Waals surface area contributed by atoms with Crippen LogP contribution in [0.15, 0.2) is 60.7 Å². The Morgan fingerprint density at radius 2 is 0.818 bits per heavy atom. The van der Waals surface area contributed by atoms with Gasteiger partial charge >= 0.3 is 0 Å². The Bertz CT molecular complexity index is 649. The van der Waals surface area contributed by atoms with E-state index in [1.807, 2.05) is 0 Å². The number of hydrogen-bond donors (Lipinski definition) is 0. The molecule has 0 heterocycles. The van der Waals surface area contributed by atoms with E-state index in [0.717, 1.165) is 11.1 Å². The van der Waals surface area contributed by atoms with Gasteiger partial charge in [0.1, 0.15) is 0 Å². The monoisotopic (exact) mass is 306 g/mol. The Balaban J connectivity index is 2.30. The molecule has 0 aliphatic rings. The van der Waals surface area contributed by atoms with Crippen molar-refractivity contribution in [2.24, 2.45) is 0 Å². The zero-order chi connectivity index (χ0) is 16.3. The molecule has 22 heavy (non-hydrogen) atoms. The van der Waals surface area contributed by atoms with Crippen molar-refractivity contribution in [3.05, 3.63) is 71.8 Å². The first kappa shape index (κ1) is 16.0. The van der Waals surface area contributed by atoms with E-state index in [2.05, 4.69) is 0 Å². The van der Waals surface area contributed by atoms with Crippen LogP contribution >= 0.6 is 0 Å². The number of benzene rings is 2. The molecule has 0 aromatic heterocycles. The van der Waals surface area contributed by atoms with Crippen LogP contribution in [0, 0.1) is 0 Å². The summed E-state index contributed by atoms with van der Waals surface area (Å²) in [5.74, 6) is 0. The summed E-state index contributed by atoms with van der Waals surface area (Å²) in [5.41, 5.74) is 2.48. The van der Waals surface area contributed by atoms with Gasteiger partial charge in [-0.1, -0.05) is 48.5 Å². The standard InChI is InChI=1S/C18H14F4/c1-11(17(19)20)13-3-7-15(8-4-13)16-9-5-14(6-10-16)12(2)18(21)22/h3-10H,1-2H3. The molecule has 0 spiro atoms. The van der Waals surface area contributed by atoms with Crippen LogP contribution in [0.1, 0.15) is 25.0 Å². The van der Waals surface area contributed by atoms with Gasteiger partial charge in [-0.2, -0.15) is 17.6 Å². The molecule has 0 amide bonds. The molecule has 0 saturated carbocycles. The van der Waals surface area contributed by atoms with Crippen molar-refractivity contribution in [2.45, 2.75) is 13.8 Å². The van der Waals surface area contributed by atoms with E-state index >= 15 is 0 Å². The maximum Gasteiger partial charge on any atom is 0.273 e. The topological polar surface area (TPSA) is 0 Å². The molecular formula is C18H14F4. The predicted octanol–water partition coefficient (Wildman–Crippen LogP) is 6.61. The minimum absolute atomic E-state index is 0.0546. The Labute approximate surface area is 126 Å². The third-order valence-corrected chi connectivity index (χ3v) is 3.54. The smallest absolute Gasteiger partial charge is 0.173 e. The molecule has 0 atom stereocenters. The highest BCUT2D eigenvalue weighted by Crippen LogP contribution is 2.27. The van der Waals surface area contributed by atoms with E-state index in [1.165, 1.54) is 13.8 Å². The molecule has 0 bridgehead atoms. The minimum atomic E-state index is -1.70. The highest BCUT2D eigenvalue weighted by atomic mass is 19.3. The van der Waals surface area contributed by atoms with E-state index in [1.54, 1.807) is 48.5 Å². The molecule has 2 aromatic rings. The Kier molecular flexibility index (Phi) is 4.81. The zero-order valence-corrected chi connectivity index (χ0v) is 12.1. The molecule has 0 radical (unpaired) electrons. The van der Waals surface area contributed by atoms with Crippen molar-refractivity contribution in [1.82, 2.24) is 0 Å². The SMILES string of the molecule is CC(=C(F)F)c1ccc(-c2ccc(C(C)=C(F)F)cc2)cc1. The molecule has 2 aromatic carbocycles. The van der Waals surface area contributed by atoms with Crippen LogP contribution in [-0.4, -0.2) is 0 Å². The van der Waals surface area contributed by atoms with Crippen LogP contribution in [0.3, 0.4) is 0 Å². The average Bonchev–Trinajstić information content (AvgIpc) is 2.53. The fraction of sp³-hybridized carbons (Fsp3) is 0.111. The normalized spacial score (nSPS) is 10.3. The number of hydrogen-bond acceptors (Lipinski definition) is 0. The van der Waals surface area contributed by atoms with Crippen molar-refractivity contribution in [3.63, 3.8) is 0 Å². The lowest BCUT2D eigenvalue weighted by Gasteiger charge is -2.06. The third-order valence-electron chi connectivity index (χ3n) is 3.54. The van der Waals surface area contributed by atoms with Crippen molar-refractivity contribution >= 4 is 11.1 Å². The molecule has 0 saturated heterocycles. The second-order valence-electron chi connectivity index (χ2n) is 4.93. The summed E-state index contributed by atoms with van der Waals surface area (Å²) in [6.45, 7) is 2.72. The molecule has 0 aliphatic carbocycles. The van der Waals surface area contributed by atoms with Gasteiger partial charge < -0.3 is 0 Å². The second-order valence-corrected chi connectivity index (χ2v) is 4.93. The van der Waals surface area contributed by atoms with Gasteiger partial charge in [0.2, 0.25) is 0 Å². The van der Waals surface area contributed by atoms with E-state index in [-0.39, 0.29) is 11.1 Å². The summed E-state index contributed by atoms with van der Waals surface area (Å²) in [6, 6.07) is 13.4. The number of rotatable bonds is 3. The van der Waals surface area contributed by atoms with Crippen molar-refractivity contribution in [3.8, 4) is 11.1 Å². The Hall–Kier alpha value is -2.36. The fourth-order valence-corrected chi connectivity index (χ4v) is 2.04. The van der Waals surface area contributed by atoms with Crippen molar-refractivity contribution in [1.29, 1.82) is 0 Å². The lowest BCUT2D eigenvalue weighted by Crippen LogP contribution is -1.85. The van der Waals surface area contributed by atoms with E-state index in [0.29, 0.717) is 11.1 Å². The van der Waals surface area contributed by atoms with Crippen LogP contribution in [0.4, 0.5) is 17.6 Å². The quantitative estimate of drug-likeness (QED) is 0.560. The van der Waals surface area contributed by atoms with Gasteiger partial charge in [-0.25, -0.2) is 0 Å². The summed E-state index contributed by atoms with van der Waals surface area (Å²) in [7, 11) is 0. The minimum Gasteiger partial charge on any atom is -0.173 e. The summed E-state index contributed by atoms with van der Waals surface area (Å²) in [5, 5.41) is 0. The highest BCUT2D eigenvalue weighted by Gasteiger charge is 2.06. The van der Waals surface area contributed by atoms with E-state index in [4.69, 9.17) is 0 Å². The van der Waals surface area contributed by atoms with Gasteiger partial charge in [-0.15, -0.1) is 0 Å². The maximum absolute atomic E-state index is 12.5.